The highest BCUT2D eigenvalue weighted by Crippen LogP contribution is 2.26. The Hall–Kier alpha value is -3.08. The largest absolute Gasteiger partial charge is 0.497 e. The molecule has 24 heavy (non-hydrogen) atoms. The van der Waals surface area contributed by atoms with E-state index in [1.807, 2.05) is 31.2 Å². The van der Waals surface area contributed by atoms with Crippen LogP contribution in [0.3, 0.4) is 0 Å². The van der Waals surface area contributed by atoms with Gasteiger partial charge in [0.1, 0.15) is 11.5 Å². The van der Waals surface area contributed by atoms with Gasteiger partial charge in [0.05, 0.1) is 14.2 Å². The van der Waals surface area contributed by atoms with E-state index in [1.165, 1.54) is 0 Å². The lowest BCUT2D eigenvalue weighted by atomic mass is 10.1. The lowest BCUT2D eigenvalue weighted by Crippen LogP contribution is -2.05. The standard InChI is InChI=1S/C19H17NO4/c1-12-4-6-14(7-5-12)18-20-17(19(21)24-18)10-13-8-15(22-2)11-16(9-13)23-3/h4-11H,1-3H3/b17-10+. The number of ether oxygens (including phenoxy) is 3. The minimum Gasteiger partial charge on any atom is -0.497 e. The van der Waals surface area contributed by atoms with E-state index in [2.05, 4.69) is 4.99 Å². The molecule has 1 heterocycles. The number of aryl methyl sites for hydroxylation is 1. The predicted molar refractivity (Wildman–Crippen MR) is 91.3 cm³/mol. The van der Waals surface area contributed by atoms with Crippen LogP contribution in [0.5, 0.6) is 11.5 Å². The molecular weight excluding hydrogens is 306 g/mol. The molecule has 1 aliphatic rings. The van der Waals surface area contributed by atoms with Crippen molar-refractivity contribution >= 4 is 17.9 Å². The third-order valence-electron chi connectivity index (χ3n) is 3.60. The van der Waals surface area contributed by atoms with Gasteiger partial charge in [-0.15, -0.1) is 0 Å². The van der Waals surface area contributed by atoms with Gasteiger partial charge in [-0.05, 0) is 42.8 Å². The van der Waals surface area contributed by atoms with Crippen LogP contribution in [0.4, 0.5) is 0 Å². The number of carbonyl (C=O) groups excluding carboxylic acids is 1. The molecule has 122 valence electrons. The maximum absolute atomic E-state index is 12.1. The summed E-state index contributed by atoms with van der Waals surface area (Å²) in [4.78, 5) is 16.4. The van der Waals surface area contributed by atoms with Crippen LogP contribution in [-0.4, -0.2) is 26.1 Å². The summed E-state index contributed by atoms with van der Waals surface area (Å²) in [5.41, 5.74) is 2.87. The molecule has 0 spiro atoms. The van der Waals surface area contributed by atoms with Crippen molar-refractivity contribution in [2.45, 2.75) is 6.92 Å². The molecule has 0 aliphatic carbocycles. The van der Waals surface area contributed by atoms with Crippen LogP contribution in [0, 0.1) is 6.92 Å². The van der Waals surface area contributed by atoms with Gasteiger partial charge in [-0.25, -0.2) is 9.79 Å². The maximum atomic E-state index is 12.1. The van der Waals surface area contributed by atoms with Crippen molar-refractivity contribution in [1.82, 2.24) is 0 Å². The Kier molecular flexibility index (Phi) is 4.33. The average molecular weight is 323 g/mol. The summed E-state index contributed by atoms with van der Waals surface area (Å²) in [5, 5.41) is 0. The van der Waals surface area contributed by atoms with Gasteiger partial charge in [0, 0.05) is 11.6 Å². The molecular formula is C19H17NO4. The number of carbonyl (C=O) groups is 1. The first kappa shape index (κ1) is 15.8. The number of benzene rings is 2. The summed E-state index contributed by atoms with van der Waals surface area (Å²) in [6, 6.07) is 13.0. The van der Waals surface area contributed by atoms with Crippen LogP contribution in [0.15, 0.2) is 53.2 Å². The zero-order valence-corrected chi connectivity index (χ0v) is 13.7. The van der Waals surface area contributed by atoms with Crippen molar-refractivity contribution < 1.29 is 19.0 Å². The zero-order chi connectivity index (χ0) is 17.1. The van der Waals surface area contributed by atoms with Crippen LogP contribution in [-0.2, 0) is 9.53 Å². The Bertz CT molecular complexity index is 813. The lowest BCUT2D eigenvalue weighted by molar-refractivity contribution is -0.129. The molecule has 0 amide bonds. The summed E-state index contributed by atoms with van der Waals surface area (Å²) < 4.78 is 15.7. The van der Waals surface area contributed by atoms with E-state index in [4.69, 9.17) is 14.2 Å². The molecule has 5 nitrogen and oxygen atoms in total. The van der Waals surface area contributed by atoms with Crippen LogP contribution in [0.25, 0.3) is 6.08 Å². The maximum Gasteiger partial charge on any atom is 0.363 e. The Morgan fingerprint density at radius 2 is 1.62 bits per heavy atom. The molecule has 0 aromatic heterocycles. The lowest BCUT2D eigenvalue weighted by Gasteiger charge is -2.05. The Morgan fingerprint density at radius 3 is 2.21 bits per heavy atom. The zero-order valence-electron chi connectivity index (χ0n) is 13.7. The molecule has 0 saturated heterocycles. The molecule has 2 aromatic carbocycles. The monoisotopic (exact) mass is 323 g/mol. The van der Waals surface area contributed by atoms with E-state index in [-0.39, 0.29) is 5.70 Å². The molecule has 0 unspecified atom stereocenters. The molecule has 2 aromatic rings. The van der Waals surface area contributed by atoms with Crippen molar-refractivity contribution in [3.63, 3.8) is 0 Å². The first-order valence-electron chi connectivity index (χ1n) is 7.42. The molecule has 0 bridgehead atoms. The fourth-order valence-electron chi connectivity index (χ4n) is 2.30. The van der Waals surface area contributed by atoms with Crippen molar-refractivity contribution in [3.8, 4) is 11.5 Å². The SMILES string of the molecule is COc1cc(/C=C2/N=C(c3ccc(C)cc3)OC2=O)cc(OC)c1. The van der Waals surface area contributed by atoms with Gasteiger partial charge in [0.25, 0.3) is 0 Å². The molecule has 0 radical (unpaired) electrons. The molecule has 0 atom stereocenters. The minimum atomic E-state index is -0.479. The Morgan fingerprint density at radius 1 is 1.00 bits per heavy atom. The van der Waals surface area contributed by atoms with E-state index in [0.29, 0.717) is 17.4 Å². The van der Waals surface area contributed by atoms with Crippen molar-refractivity contribution in [1.29, 1.82) is 0 Å². The number of nitrogens with zero attached hydrogens (tertiary/aromatic N) is 1. The quantitative estimate of drug-likeness (QED) is 0.639. The highest BCUT2D eigenvalue weighted by atomic mass is 16.6. The number of aliphatic imine (C=N–C) groups is 1. The summed E-state index contributed by atoms with van der Waals surface area (Å²) in [7, 11) is 3.15. The fourth-order valence-corrected chi connectivity index (χ4v) is 2.30. The van der Waals surface area contributed by atoms with Crippen LogP contribution >= 0.6 is 0 Å². The van der Waals surface area contributed by atoms with E-state index in [9.17, 15) is 4.79 Å². The second-order valence-electron chi connectivity index (χ2n) is 5.35. The van der Waals surface area contributed by atoms with Gasteiger partial charge in [-0.1, -0.05) is 17.7 Å². The number of esters is 1. The van der Waals surface area contributed by atoms with Gasteiger partial charge in [-0.3, -0.25) is 0 Å². The summed E-state index contributed by atoms with van der Waals surface area (Å²) in [5.74, 6) is 1.10. The highest BCUT2D eigenvalue weighted by molar-refractivity contribution is 6.12. The molecule has 0 N–H and O–H groups in total. The van der Waals surface area contributed by atoms with E-state index >= 15 is 0 Å². The molecule has 1 aliphatic heterocycles. The normalized spacial score (nSPS) is 15.2. The highest BCUT2D eigenvalue weighted by Gasteiger charge is 2.24. The first-order chi connectivity index (χ1) is 11.6. The number of rotatable bonds is 4. The van der Waals surface area contributed by atoms with E-state index in [1.54, 1.807) is 38.5 Å². The van der Waals surface area contributed by atoms with Gasteiger partial charge < -0.3 is 14.2 Å². The number of cyclic esters (lactones) is 1. The van der Waals surface area contributed by atoms with Crippen molar-refractivity contribution in [2.24, 2.45) is 4.99 Å². The Balaban J connectivity index is 1.95. The van der Waals surface area contributed by atoms with Crippen LogP contribution in [0.2, 0.25) is 0 Å². The van der Waals surface area contributed by atoms with Crippen molar-refractivity contribution in [3.05, 3.63) is 64.9 Å². The van der Waals surface area contributed by atoms with Crippen LogP contribution < -0.4 is 9.47 Å². The topological polar surface area (TPSA) is 57.1 Å². The van der Waals surface area contributed by atoms with Gasteiger partial charge >= 0.3 is 5.97 Å². The molecule has 0 fully saturated rings. The Labute approximate surface area is 140 Å². The first-order valence-corrected chi connectivity index (χ1v) is 7.42. The second-order valence-corrected chi connectivity index (χ2v) is 5.35. The summed E-state index contributed by atoms with van der Waals surface area (Å²) >= 11 is 0. The summed E-state index contributed by atoms with van der Waals surface area (Å²) in [6.45, 7) is 1.99. The number of hydrogen-bond donors (Lipinski definition) is 0. The summed E-state index contributed by atoms with van der Waals surface area (Å²) in [6.07, 6.45) is 1.65. The van der Waals surface area contributed by atoms with E-state index < -0.39 is 5.97 Å². The van der Waals surface area contributed by atoms with Gasteiger partial charge in [0.2, 0.25) is 5.90 Å². The average Bonchev–Trinajstić information content (AvgIpc) is 2.95. The third kappa shape index (κ3) is 3.30. The van der Waals surface area contributed by atoms with Gasteiger partial charge in [-0.2, -0.15) is 0 Å². The molecule has 3 rings (SSSR count). The minimum absolute atomic E-state index is 0.237. The molecule has 5 heteroatoms. The number of hydrogen-bond acceptors (Lipinski definition) is 5. The van der Waals surface area contributed by atoms with Crippen molar-refractivity contribution in [2.75, 3.05) is 14.2 Å². The van der Waals surface area contributed by atoms with Crippen LogP contribution in [0.1, 0.15) is 16.7 Å². The number of methoxy groups -OCH3 is 2. The fraction of sp³-hybridized carbons (Fsp3) is 0.158. The molecule has 0 saturated carbocycles. The van der Waals surface area contributed by atoms with E-state index in [0.717, 1.165) is 16.7 Å². The predicted octanol–water partition coefficient (Wildman–Crippen LogP) is 3.36. The van der Waals surface area contributed by atoms with Gasteiger partial charge in [0.15, 0.2) is 5.70 Å². The smallest absolute Gasteiger partial charge is 0.363 e. The second kappa shape index (κ2) is 6.58. The third-order valence-corrected chi connectivity index (χ3v) is 3.60.